The quantitative estimate of drug-likeness (QED) is 0.779. The summed E-state index contributed by atoms with van der Waals surface area (Å²) in [5.74, 6) is -2.18. The second kappa shape index (κ2) is 5.17. The van der Waals surface area contributed by atoms with Crippen molar-refractivity contribution in [3.8, 4) is 11.5 Å². The van der Waals surface area contributed by atoms with Gasteiger partial charge in [-0.3, -0.25) is 9.59 Å². The lowest BCUT2D eigenvalue weighted by Gasteiger charge is -2.18. The number of rotatable bonds is 4. The van der Waals surface area contributed by atoms with Crippen LogP contribution in [0.2, 0.25) is 0 Å². The van der Waals surface area contributed by atoms with E-state index in [0.717, 1.165) is 0 Å². The molecule has 6 heteroatoms. The normalized spacial score (nSPS) is 21.9. The fourth-order valence-corrected chi connectivity index (χ4v) is 2.40. The standard InChI is InChI=1S/C13H15NO5/c1-18-9-5-3-4-7(11(9)19-2)8-6-14-12(15)10(8)13(16)17/h3-5,8,10H,6H2,1-2H3,(H,14,15)(H,16,17)/t8-,10-/m0/s1. The number of carbonyl (C=O) groups is 2. The fourth-order valence-electron chi connectivity index (χ4n) is 2.40. The van der Waals surface area contributed by atoms with Gasteiger partial charge in [-0.15, -0.1) is 0 Å². The summed E-state index contributed by atoms with van der Waals surface area (Å²) in [5.41, 5.74) is 0.660. The number of nitrogens with one attached hydrogen (secondary N) is 1. The second-order valence-corrected chi connectivity index (χ2v) is 4.25. The van der Waals surface area contributed by atoms with Gasteiger partial charge in [0.1, 0.15) is 5.92 Å². The number of hydrogen-bond donors (Lipinski definition) is 2. The van der Waals surface area contributed by atoms with Crippen LogP contribution in [0.1, 0.15) is 11.5 Å². The van der Waals surface area contributed by atoms with E-state index in [2.05, 4.69) is 5.32 Å². The Morgan fingerprint density at radius 3 is 2.68 bits per heavy atom. The number of para-hydroxylation sites is 1. The van der Waals surface area contributed by atoms with Crippen molar-refractivity contribution in [1.29, 1.82) is 0 Å². The monoisotopic (exact) mass is 265 g/mol. The van der Waals surface area contributed by atoms with Gasteiger partial charge in [0, 0.05) is 18.0 Å². The first kappa shape index (κ1) is 13.2. The molecule has 0 radical (unpaired) electrons. The lowest BCUT2D eigenvalue weighted by Crippen LogP contribution is -2.26. The first-order valence-corrected chi connectivity index (χ1v) is 5.81. The highest BCUT2D eigenvalue weighted by Gasteiger charge is 2.42. The summed E-state index contributed by atoms with van der Waals surface area (Å²) in [6, 6.07) is 5.23. The van der Waals surface area contributed by atoms with Crippen LogP contribution in [-0.4, -0.2) is 37.7 Å². The predicted molar refractivity (Wildman–Crippen MR) is 66.4 cm³/mol. The summed E-state index contributed by atoms with van der Waals surface area (Å²) in [7, 11) is 3.00. The van der Waals surface area contributed by atoms with Gasteiger partial charge in [-0.05, 0) is 6.07 Å². The third kappa shape index (κ3) is 2.21. The van der Waals surface area contributed by atoms with Crippen molar-refractivity contribution in [2.75, 3.05) is 20.8 Å². The van der Waals surface area contributed by atoms with Crippen LogP contribution in [0.25, 0.3) is 0 Å². The number of carboxylic acid groups (broad SMARTS) is 1. The highest BCUT2D eigenvalue weighted by molar-refractivity contribution is 6.00. The minimum atomic E-state index is -1.13. The zero-order valence-corrected chi connectivity index (χ0v) is 10.7. The van der Waals surface area contributed by atoms with Gasteiger partial charge in [0.05, 0.1) is 14.2 Å². The molecule has 2 N–H and O–H groups in total. The summed E-state index contributed by atoms with van der Waals surface area (Å²) >= 11 is 0. The molecule has 1 aromatic rings. The first-order chi connectivity index (χ1) is 9.10. The molecule has 2 atom stereocenters. The van der Waals surface area contributed by atoms with E-state index in [1.54, 1.807) is 18.2 Å². The highest BCUT2D eigenvalue weighted by Crippen LogP contribution is 2.40. The molecule has 102 valence electrons. The van der Waals surface area contributed by atoms with E-state index < -0.39 is 23.7 Å². The number of carbonyl (C=O) groups excluding carboxylic acids is 1. The summed E-state index contributed by atoms with van der Waals surface area (Å²) in [5, 5.41) is 11.7. The molecule has 1 fully saturated rings. The van der Waals surface area contributed by atoms with Gasteiger partial charge >= 0.3 is 5.97 Å². The molecule has 0 unspecified atom stereocenters. The van der Waals surface area contributed by atoms with Crippen LogP contribution in [-0.2, 0) is 9.59 Å². The summed E-state index contributed by atoms with van der Waals surface area (Å²) in [6.07, 6.45) is 0. The minimum absolute atomic E-state index is 0.277. The van der Waals surface area contributed by atoms with Gasteiger partial charge in [-0.1, -0.05) is 12.1 Å². The van der Waals surface area contributed by atoms with Gasteiger partial charge in [0.15, 0.2) is 11.5 Å². The predicted octanol–water partition coefficient (Wildman–Crippen LogP) is 0.618. The topological polar surface area (TPSA) is 84.9 Å². The van der Waals surface area contributed by atoms with Gasteiger partial charge in [0.2, 0.25) is 5.91 Å². The molecule has 0 bridgehead atoms. The maximum absolute atomic E-state index is 11.6. The van der Waals surface area contributed by atoms with Crippen LogP contribution >= 0.6 is 0 Å². The molecule has 1 aliphatic heterocycles. The minimum Gasteiger partial charge on any atom is -0.493 e. The average Bonchev–Trinajstić information content (AvgIpc) is 2.79. The first-order valence-electron chi connectivity index (χ1n) is 5.81. The molecule has 0 spiro atoms. The highest BCUT2D eigenvalue weighted by atomic mass is 16.5. The molecule has 0 aromatic heterocycles. The number of carboxylic acids is 1. The van der Waals surface area contributed by atoms with Crippen LogP contribution in [0.15, 0.2) is 18.2 Å². The average molecular weight is 265 g/mol. The summed E-state index contributed by atoms with van der Waals surface area (Å²) in [4.78, 5) is 22.8. The Morgan fingerprint density at radius 2 is 2.11 bits per heavy atom. The van der Waals surface area contributed by atoms with Crippen molar-refractivity contribution in [3.05, 3.63) is 23.8 Å². The third-order valence-corrected chi connectivity index (χ3v) is 3.28. The summed E-state index contributed by atoms with van der Waals surface area (Å²) < 4.78 is 10.5. The Bertz CT molecular complexity index is 514. The summed E-state index contributed by atoms with van der Waals surface area (Å²) in [6.45, 7) is 0.277. The van der Waals surface area contributed by atoms with Crippen LogP contribution in [0.4, 0.5) is 0 Å². The second-order valence-electron chi connectivity index (χ2n) is 4.25. The Kier molecular flexibility index (Phi) is 3.59. The van der Waals surface area contributed by atoms with Gasteiger partial charge in [-0.25, -0.2) is 0 Å². The van der Waals surface area contributed by atoms with Gasteiger partial charge in [-0.2, -0.15) is 0 Å². The molecule has 2 rings (SSSR count). The largest absolute Gasteiger partial charge is 0.493 e. The number of hydrogen-bond acceptors (Lipinski definition) is 4. The Labute approximate surface area is 110 Å². The molecular weight excluding hydrogens is 250 g/mol. The smallest absolute Gasteiger partial charge is 0.316 e. The molecular formula is C13H15NO5. The number of methoxy groups -OCH3 is 2. The third-order valence-electron chi connectivity index (χ3n) is 3.28. The fraction of sp³-hybridized carbons (Fsp3) is 0.385. The lowest BCUT2D eigenvalue weighted by atomic mass is 9.88. The van der Waals surface area contributed by atoms with Crippen molar-refractivity contribution in [2.24, 2.45) is 5.92 Å². The molecule has 1 aromatic carbocycles. The SMILES string of the molecule is COc1cccc([C@@H]2CNC(=O)[C@H]2C(=O)O)c1OC. The van der Waals surface area contributed by atoms with Crippen molar-refractivity contribution in [2.45, 2.75) is 5.92 Å². The Hall–Kier alpha value is -2.24. The van der Waals surface area contributed by atoms with Crippen molar-refractivity contribution < 1.29 is 24.2 Å². The lowest BCUT2D eigenvalue weighted by molar-refractivity contribution is -0.145. The Morgan fingerprint density at radius 1 is 1.37 bits per heavy atom. The van der Waals surface area contributed by atoms with Crippen molar-refractivity contribution >= 4 is 11.9 Å². The number of ether oxygens (including phenoxy) is 2. The van der Waals surface area contributed by atoms with E-state index in [4.69, 9.17) is 9.47 Å². The maximum atomic E-state index is 11.6. The van der Waals surface area contributed by atoms with E-state index in [1.165, 1.54) is 14.2 Å². The van der Waals surface area contributed by atoms with Gasteiger partial charge in [0.25, 0.3) is 0 Å². The molecule has 1 heterocycles. The van der Waals surface area contributed by atoms with E-state index >= 15 is 0 Å². The van der Waals surface area contributed by atoms with Crippen molar-refractivity contribution in [1.82, 2.24) is 5.32 Å². The van der Waals surface area contributed by atoms with Crippen LogP contribution in [0, 0.1) is 5.92 Å². The number of aliphatic carboxylic acids is 1. The zero-order chi connectivity index (χ0) is 14.0. The van der Waals surface area contributed by atoms with Gasteiger partial charge < -0.3 is 19.9 Å². The van der Waals surface area contributed by atoms with E-state index in [-0.39, 0.29) is 6.54 Å². The number of amides is 1. The van der Waals surface area contributed by atoms with Crippen LogP contribution in [0.5, 0.6) is 11.5 Å². The van der Waals surface area contributed by atoms with E-state index in [0.29, 0.717) is 17.1 Å². The molecule has 19 heavy (non-hydrogen) atoms. The molecule has 1 aliphatic rings. The molecule has 0 saturated carbocycles. The van der Waals surface area contributed by atoms with E-state index in [9.17, 15) is 14.7 Å². The van der Waals surface area contributed by atoms with Crippen LogP contribution in [0.3, 0.4) is 0 Å². The molecule has 1 amide bonds. The zero-order valence-electron chi connectivity index (χ0n) is 10.7. The van der Waals surface area contributed by atoms with Crippen LogP contribution < -0.4 is 14.8 Å². The van der Waals surface area contributed by atoms with E-state index in [1.807, 2.05) is 0 Å². The molecule has 1 saturated heterocycles. The molecule has 6 nitrogen and oxygen atoms in total. The Balaban J connectivity index is 2.47. The molecule has 0 aliphatic carbocycles. The van der Waals surface area contributed by atoms with Crippen molar-refractivity contribution in [3.63, 3.8) is 0 Å². The number of benzene rings is 1. The maximum Gasteiger partial charge on any atom is 0.316 e.